The van der Waals surface area contributed by atoms with Crippen molar-refractivity contribution < 1.29 is 14.6 Å². The molecule has 0 aliphatic carbocycles. The molecule has 1 aromatic heterocycles. The highest BCUT2D eigenvalue weighted by Crippen LogP contribution is 2.38. The number of aromatic nitrogens is 3. The van der Waals surface area contributed by atoms with E-state index in [0.29, 0.717) is 31.1 Å². The van der Waals surface area contributed by atoms with Gasteiger partial charge in [-0.05, 0) is 29.7 Å². The number of phenolic OH excluding ortho intramolecular Hbond substituents is 1. The maximum atomic E-state index is 11.1. The number of amides is 1. The molecule has 3 aromatic rings. The molecule has 0 unspecified atom stereocenters. The highest BCUT2D eigenvalue weighted by Gasteiger charge is 2.24. The summed E-state index contributed by atoms with van der Waals surface area (Å²) < 4.78 is 5.84. The van der Waals surface area contributed by atoms with Crippen LogP contribution < -0.4 is 15.8 Å². The predicted octanol–water partition coefficient (Wildman–Crippen LogP) is 2.99. The average Bonchev–Trinajstić information content (AvgIpc) is 3.12. The van der Waals surface area contributed by atoms with E-state index in [0.717, 1.165) is 27.2 Å². The van der Waals surface area contributed by atoms with E-state index in [1.54, 1.807) is 17.8 Å². The third kappa shape index (κ3) is 5.68. The molecule has 31 heavy (non-hydrogen) atoms. The van der Waals surface area contributed by atoms with Crippen LogP contribution in [0, 0.1) is 0 Å². The average molecular weight is 444 g/mol. The number of fused-ring (bicyclic) bond motifs is 1. The van der Waals surface area contributed by atoms with Crippen LogP contribution >= 0.6 is 11.8 Å². The fraction of sp³-hybridized carbons (Fsp3) is 0.409. The lowest BCUT2D eigenvalue weighted by atomic mass is 9.86. The van der Waals surface area contributed by atoms with Crippen LogP contribution in [0.4, 0.5) is 0 Å². The van der Waals surface area contributed by atoms with Crippen LogP contribution in [0.25, 0.3) is 16.7 Å². The minimum atomic E-state index is -0.325. The number of thioether (sulfide) groups is 1. The van der Waals surface area contributed by atoms with Crippen molar-refractivity contribution in [3.63, 3.8) is 0 Å². The van der Waals surface area contributed by atoms with Crippen LogP contribution in [0.15, 0.2) is 35.2 Å². The number of nitrogens with zero attached hydrogens (tertiary/aromatic N) is 3. The van der Waals surface area contributed by atoms with E-state index in [1.807, 2.05) is 45.0 Å². The third-order valence-corrected chi connectivity index (χ3v) is 5.60. The second-order valence-electron chi connectivity index (χ2n) is 8.20. The zero-order chi connectivity index (χ0) is 22.6. The van der Waals surface area contributed by atoms with E-state index in [4.69, 9.17) is 10.5 Å². The van der Waals surface area contributed by atoms with E-state index in [2.05, 4.69) is 15.5 Å². The summed E-state index contributed by atoms with van der Waals surface area (Å²) >= 11 is 1.66. The number of aromatic hydroxyl groups is 1. The Hall–Kier alpha value is -2.78. The van der Waals surface area contributed by atoms with Gasteiger partial charge in [-0.1, -0.05) is 20.8 Å². The molecular formula is C22H29N5O3S. The first kappa shape index (κ1) is 22.9. The fourth-order valence-electron chi connectivity index (χ4n) is 3.07. The van der Waals surface area contributed by atoms with Crippen LogP contribution in [0.3, 0.4) is 0 Å². The van der Waals surface area contributed by atoms with Crippen molar-refractivity contribution in [2.24, 2.45) is 5.73 Å². The first-order chi connectivity index (χ1) is 14.7. The Balaban J connectivity index is 1.98. The number of nitrogens with two attached hydrogens (primary N) is 1. The molecule has 3 rings (SSSR count). The van der Waals surface area contributed by atoms with Gasteiger partial charge in [-0.3, -0.25) is 4.79 Å². The number of nitrogens with one attached hydrogen (secondary N) is 1. The summed E-state index contributed by atoms with van der Waals surface area (Å²) in [5.74, 6) is 1.40. The van der Waals surface area contributed by atoms with Gasteiger partial charge in [0, 0.05) is 35.7 Å². The number of carbonyl (C=O) groups is 1. The molecule has 0 saturated heterocycles. The Labute approximate surface area is 186 Å². The molecule has 0 atom stereocenters. The molecule has 0 saturated carbocycles. The molecule has 1 amide bonds. The quantitative estimate of drug-likeness (QED) is 0.362. The summed E-state index contributed by atoms with van der Waals surface area (Å²) in [5.41, 5.74) is 7.89. The predicted molar refractivity (Wildman–Crippen MR) is 123 cm³/mol. The number of ether oxygens (including phenoxy) is 1. The Morgan fingerprint density at radius 2 is 1.97 bits per heavy atom. The lowest BCUT2D eigenvalue weighted by molar-refractivity contribution is -0.119. The second kappa shape index (κ2) is 9.57. The van der Waals surface area contributed by atoms with Crippen LogP contribution in [-0.2, 0) is 10.2 Å². The first-order valence-corrected chi connectivity index (χ1v) is 11.1. The van der Waals surface area contributed by atoms with E-state index in [1.165, 1.54) is 11.7 Å². The molecule has 9 heteroatoms. The molecule has 0 spiro atoms. The van der Waals surface area contributed by atoms with Crippen molar-refractivity contribution in [2.45, 2.75) is 38.0 Å². The summed E-state index contributed by atoms with van der Waals surface area (Å²) in [4.78, 5) is 13.6. The van der Waals surface area contributed by atoms with Gasteiger partial charge in [0.1, 0.15) is 34.8 Å². The third-order valence-electron chi connectivity index (χ3n) is 4.57. The Kier molecular flexibility index (Phi) is 7.07. The maximum absolute atomic E-state index is 11.1. The monoisotopic (exact) mass is 443 g/mol. The molecular weight excluding hydrogens is 414 g/mol. The lowest BCUT2D eigenvalue weighted by Gasteiger charge is -2.23. The standard InChI is InChI=1S/C22H29N5O3S/c1-14(28)24-8-9-30-15-11-17(22(2,3)4)21(29)20(12-15)27-25-18-6-5-16(31-10-7-23)13-19(18)26-27/h5-6,11-13,29H,7-10,23H2,1-4H3,(H,24,28). The topological polar surface area (TPSA) is 115 Å². The molecule has 166 valence electrons. The Bertz CT molecular complexity index is 1070. The normalized spacial score (nSPS) is 11.6. The Morgan fingerprint density at radius 1 is 1.23 bits per heavy atom. The van der Waals surface area contributed by atoms with Gasteiger partial charge in [0.25, 0.3) is 0 Å². The minimum Gasteiger partial charge on any atom is -0.505 e. The number of hydrogen-bond donors (Lipinski definition) is 3. The molecule has 8 nitrogen and oxygen atoms in total. The van der Waals surface area contributed by atoms with Crippen LogP contribution in [0.5, 0.6) is 11.5 Å². The van der Waals surface area contributed by atoms with Gasteiger partial charge >= 0.3 is 0 Å². The fourth-order valence-corrected chi connectivity index (χ4v) is 3.78. The van der Waals surface area contributed by atoms with Gasteiger partial charge < -0.3 is 20.9 Å². The van der Waals surface area contributed by atoms with E-state index in [9.17, 15) is 9.90 Å². The lowest BCUT2D eigenvalue weighted by Crippen LogP contribution is -2.25. The molecule has 1 heterocycles. The Morgan fingerprint density at radius 3 is 2.65 bits per heavy atom. The van der Waals surface area contributed by atoms with Gasteiger partial charge in [-0.15, -0.1) is 26.8 Å². The van der Waals surface area contributed by atoms with Gasteiger partial charge in [0.2, 0.25) is 5.91 Å². The number of rotatable bonds is 8. The number of hydrogen-bond acceptors (Lipinski definition) is 7. The highest BCUT2D eigenvalue weighted by molar-refractivity contribution is 7.99. The van der Waals surface area contributed by atoms with Gasteiger partial charge in [0.05, 0.1) is 6.54 Å². The SMILES string of the molecule is CC(=O)NCCOc1cc(-n2nc3ccc(SCCN)cc3n2)c(O)c(C(C)(C)C)c1. The first-order valence-electron chi connectivity index (χ1n) is 10.1. The van der Waals surface area contributed by atoms with Gasteiger partial charge in [-0.2, -0.15) is 0 Å². The zero-order valence-electron chi connectivity index (χ0n) is 18.3. The second-order valence-corrected chi connectivity index (χ2v) is 9.37. The van der Waals surface area contributed by atoms with Crippen molar-refractivity contribution in [3.05, 3.63) is 35.9 Å². The summed E-state index contributed by atoms with van der Waals surface area (Å²) in [5, 5.41) is 22.8. The summed E-state index contributed by atoms with van der Waals surface area (Å²) in [6, 6.07) is 9.39. The van der Waals surface area contributed by atoms with Crippen LogP contribution in [-0.4, -0.2) is 51.5 Å². The smallest absolute Gasteiger partial charge is 0.216 e. The number of carbonyl (C=O) groups excluding carboxylic acids is 1. The van der Waals surface area contributed by atoms with Crippen LogP contribution in [0.1, 0.15) is 33.3 Å². The molecule has 2 aromatic carbocycles. The molecule has 0 radical (unpaired) electrons. The zero-order valence-corrected chi connectivity index (χ0v) is 19.1. The van der Waals surface area contributed by atoms with Crippen molar-refractivity contribution in [3.8, 4) is 17.2 Å². The van der Waals surface area contributed by atoms with Crippen LogP contribution in [0.2, 0.25) is 0 Å². The molecule has 4 N–H and O–H groups in total. The van der Waals surface area contributed by atoms with Crippen molar-refractivity contribution in [1.29, 1.82) is 0 Å². The minimum absolute atomic E-state index is 0.109. The van der Waals surface area contributed by atoms with Gasteiger partial charge in [0.15, 0.2) is 0 Å². The van der Waals surface area contributed by atoms with Crippen molar-refractivity contribution >= 4 is 28.7 Å². The van der Waals surface area contributed by atoms with E-state index >= 15 is 0 Å². The van der Waals surface area contributed by atoms with E-state index < -0.39 is 0 Å². The number of benzene rings is 2. The summed E-state index contributed by atoms with van der Waals surface area (Å²) in [6.07, 6.45) is 0. The van der Waals surface area contributed by atoms with Gasteiger partial charge in [-0.25, -0.2) is 0 Å². The molecule has 0 fully saturated rings. The molecule has 0 bridgehead atoms. The molecule has 0 aliphatic heterocycles. The number of phenols is 1. The molecule has 0 aliphatic rings. The largest absolute Gasteiger partial charge is 0.505 e. The summed E-state index contributed by atoms with van der Waals surface area (Å²) in [6.45, 7) is 8.81. The highest BCUT2D eigenvalue weighted by atomic mass is 32.2. The van der Waals surface area contributed by atoms with Crippen molar-refractivity contribution in [1.82, 2.24) is 20.3 Å². The van der Waals surface area contributed by atoms with E-state index in [-0.39, 0.29) is 17.1 Å². The summed E-state index contributed by atoms with van der Waals surface area (Å²) in [7, 11) is 0. The van der Waals surface area contributed by atoms with Crippen molar-refractivity contribution in [2.75, 3.05) is 25.4 Å². The maximum Gasteiger partial charge on any atom is 0.216 e.